The van der Waals surface area contributed by atoms with Gasteiger partial charge in [-0.25, -0.2) is 0 Å². The Bertz CT molecular complexity index is 547. The summed E-state index contributed by atoms with van der Waals surface area (Å²) in [6.45, 7) is 16.2. The Hall–Kier alpha value is -1.48. The minimum Gasteiger partial charge on any atom is -0.348 e. The average molecular weight is 348 g/mol. The Kier molecular flexibility index (Phi) is 11.2. The molecule has 3 heteroatoms. The highest BCUT2D eigenvalue weighted by atomic mass is 32.2. The smallest absolute Gasteiger partial charge is 0.197 e. The van der Waals surface area contributed by atoms with Gasteiger partial charge >= 0.3 is 0 Å². The number of carbonyl (C=O) groups excluding carboxylic acids is 1. The van der Waals surface area contributed by atoms with Crippen molar-refractivity contribution >= 4 is 22.6 Å². The maximum Gasteiger partial charge on any atom is 0.197 e. The summed E-state index contributed by atoms with van der Waals surface area (Å²) >= 11 is 1.41. The van der Waals surface area contributed by atoms with Crippen molar-refractivity contribution in [1.29, 1.82) is 0 Å². The van der Waals surface area contributed by atoms with E-state index in [0.29, 0.717) is 0 Å². The number of nitrogens with zero attached hydrogens (tertiary/aromatic N) is 1. The molecule has 1 aliphatic heterocycles. The van der Waals surface area contributed by atoms with Gasteiger partial charge in [-0.05, 0) is 31.2 Å². The minimum absolute atomic E-state index is 0.0603. The van der Waals surface area contributed by atoms with Crippen LogP contribution >= 0.6 is 11.8 Å². The summed E-state index contributed by atoms with van der Waals surface area (Å²) in [5.74, 6) is 0.929. The van der Waals surface area contributed by atoms with E-state index in [2.05, 4.69) is 30.5 Å². The lowest BCUT2D eigenvalue weighted by atomic mass is 9.81. The predicted octanol–water partition coefficient (Wildman–Crippen LogP) is 6.26. The third kappa shape index (κ3) is 5.55. The first-order valence-corrected chi connectivity index (χ1v) is 9.73. The fourth-order valence-electron chi connectivity index (χ4n) is 2.54. The Morgan fingerprint density at radius 1 is 1.25 bits per heavy atom. The highest BCUT2D eigenvalue weighted by Gasteiger charge is 2.36. The van der Waals surface area contributed by atoms with Crippen LogP contribution in [0, 0.1) is 5.92 Å². The predicted molar refractivity (Wildman–Crippen MR) is 111 cm³/mol. The SMILES string of the molecule is C/C=C\C.C=C1C(C)C(C(=O)SCC)c2ccccc2N1C.CC. The molecule has 0 aromatic heterocycles. The monoisotopic (exact) mass is 347 g/mol. The second-order valence-corrected chi connectivity index (χ2v) is 6.56. The lowest BCUT2D eigenvalue weighted by molar-refractivity contribution is -0.113. The van der Waals surface area contributed by atoms with Gasteiger partial charge < -0.3 is 4.90 Å². The van der Waals surface area contributed by atoms with E-state index in [1.54, 1.807) is 0 Å². The number of para-hydroxylation sites is 1. The third-order valence-corrected chi connectivity index (χ3v) is 4.79. The van der Waals surface area contributed by atoms with Gasteiger partial charge in [0.05, 0.1) is 5.92 Å². The molecule has 24 heavy (non-hydrogen) atoms. The van der Waals surface area contributed by atoms with Crippen molar-refractivity contribution in [3.05, 3.63) is 54.3 Å². The third-order valence-electron chi connectivity index (χ3n) is 3.96. The molecule has 2 nitrogen and oxygen atoms in total. The molecule has 0 saturated heterocycles. The molecule has 0 fully saturated rings. The van der Waals surface area contributed by atoms with E-state index >= 15 is 0 Å². The molecule has 0 N–H and O–H groups in total. The zero-order chi connectivity index (χ0) is 18.7. The van der Waals surface area contributed by atoms with Gasteiger partial charge in [0, 0.05) is 24.4 Å². The van der Waals surface area contributed by atoms with Crippen molar-refractivity contribution in [2.75, 3.05) is 17.7 Å². The van der Waals surface area contributed by atoms with Gasteiger partial charge in [0.25, 0.3) is 0 Å². The largest absolute Gasteiger partial charge is 0.348 e. The molecule has 2 unspecified atom stereocenters. The fourth-order valence-corrected chi connectivity index (χ4v) is 3.34. The standard InChI is InChI=1S/C15H19NOS.C4H8.C2H6/c1-5-18-15(17)14-10(2)11(3)16(4)13-9-7-6-8-12(13)14;1-3-4-2;1-2/h6-10,14H,3,5H2,1-2,4H3;3-4H,1-2H3;1-2H3/b;4-3-;. The summed E-state index contributed by atoms with van der Waals surface area (Å²) in [6, 6.07) is 8.13. The number of fused-ring (bicyclic) bond motifs is 1. The van der Waals surface area contributed by atoms with Crippen molar-refractivity contribution in [3.8, 4) is 0 Å². The number of rotatable bonds is 2. The lowest BCUT2D eigenvalue weighted by Gasteiger charge is -2.38. The molecule has 1 heterocycles. The maximum atomic E-state index is 12.3. The Morgan fingerprint density at radius 2 is 1.79 bits per heavy atom. The number of benzene rings is 1. The Balaban J connectivity index is 0.000000773. The molecule has 1 aromatic rings. The molecular formula is C21H33NOS. The first-order valence-electron chi connectivity index (χ1n) is 8.74. The Morgan fingerprint density at radius 3 is 2.29 bits per heavy atom. The van der Waals surface area contributed by atoms with Crippen LogP contribution in [0.2, 0.25) is 0 Å². The number of allylic oxidation sites excluding steroid dienone is 3. The van der Waals surface area contributed by atoms with Crippen molar-refractivity contribution in [2.45, 2.75) is 47.5 Å². The van der Waals surface area contributed by atoms with E-state index < -0.39 is 0 Å². The topological polar surface area (TPSA) is 20.3 Å². The first kappa shape index (κ1) is 22.5. The van der Waals surface area contributed by atoms with E-state index in [-0.39, 0.29) is 17.0 Å². The quantitative estimate of drug-likeness (QED) is 0.589. The molecule has 1 aromatic carbocycles. The molecule has 0 aliphatic carbocycles. The van der Waals surface area contributed by atoms with Crippen molar-refractivity contribution in [3.63, 3.8) is 0 Å². The second kappa shape index (κ2) is 12.0. The summed E-state index contributed by atoms with van der Waals surface area (Å²) < 4.78 is 0. The van der Waals surface area contributed by atoms with E-state index in [0.717, 1.165) is 22.7 Å². The molecule has 2 atom stereocenters. The van der Waals surface area contributed by atoms with E-state index in [4.69, 9.17) is 0 Å². The molecule has 0 radical (unpaired) electrons. The number of hydrogen-bond acceptors (Lipinski definition) is 3. The molecule has 0 saturated carbocycles. The number of thioether (sulfide) groups is 1. The van der Waals surface area contributed by atoms with Gasteiger partial charge in [-0.1, -0.05) is 76.4 Å². The van der Waals surface area contributed by atoms with Crippen LogP contribution < -0.4 is 4.90 Å². The number of hydrogen-bond donors (Lipinski definition) is 0. The summed E-state index contributed by atoms with van der Waals surface area (Å²) in [5.41, 5.74) is 3.25. The van der Waals surface area contributed by atoms with Crippen molar-refractivity contribution in [2.24, 2.45) is 5.92 Å². The van der Waals surface area contributed by atoms with Crippen LogP contribution in [0.4, 0.5) is 5.69 Å². The lowest BCUT2D eigenvalue weighted by Crippen LogP contribution is -2.33. The van der Waals surface area contributed by atoms with Crippen LogP contribution in [-0.4, -0.2) is 17.9 Å². The minimum atomic E-state index is -0.0603. The van der Waals surface area contributed by atoms with Gasteiger partial charge in [-0.15, -0.1) is 0 Å². The van der Waals surface area contributed by atoms with E-state index in [1.165, 1.54) is 11.8 Å². The number of carbonyl (C=O) groups is 1. The molecular weight excluding hydrogens is 314 g/mol. The van der Waals surface area contributed by atoms with Crippen LogP contribution in [0.15, 0.2) is 48.7 Å². The van der Waals surface area contributed by atoms with Crippen LogP contribution in [0.25, 0.3) is 0 Å². The average Bonchev–Trinajstić information content (AvgIpc) is 2.62. The van der Waals surface area contributed by atoms with Gasteiger partial charge in [-0.2, -0.15) is 0 Å². The van der Waals surface area contributed by atoms with Crippen molar-refractivity contribution < 1.29 is 4.79 Å². The van der Waals surface area contributed by atoms with Gasteiger partial charge in [-0.3, -0.25) is 4.79 Å². The van der Waals surface area contributed by atoms with Crippen LogP contribution in [0.5, 0.6) is 0 Å². The van der Waals surface area contributed by atoms with Crippen LogP contribution in [0.3, 0.4) is 0 Å². The highest BCUT2D eigenvalue weighted by Crippen LogP contribution is 2.44. The highest BCUT2D eigenvalue weighted by molar-refractivity contribution is 8.13. The van der Waals surface area contributed by atoms with E-state index in [1.807, 2.05) is 66.0 Å². The summed E-state index contributed by atoms with van der Waals surface area (Å²) in [7, 11) is 2.02. The maximum absolute atomic E-state index is 12.3. The van der Waals surface area contributed by atoms with Gasteiger partial charge in [0.1, 0.15) is 0 Å². The van der Waals surface area contributed by atoms with Crippen molar-refractivity contribution in [1.82, 2.24) is 0 Å². The Labute approximate surface area is 153 Å². The molecule has 2 rings (SSSR count). The summed E-state index contributed by atoms with van der Waals surface area (Å²) in [5, 5.41) is 0.256. The normalized spacial score (nSPS) is 19.0. The van der Waals surface area contributed by atoms with Crippen LogP contribution in [0.1, 0.15) is 53.0 Å². The zero-order valence-electron chi connectivity index (χ0n) is 16.3. The molecule has 1 aliphatic rings. The number of anilines is 1. The summed E-state index contributed by atoms with van der Waals surface area (Å²) in [6.07, 6.45) is 4.00. The van der Waals surface area contributed by atoms with Crippen LogP contribution in [-0.2, 0) is 4.79 Å². The fraction of sp³-hybridized carbons (Fsp3) is 0.476. The van der Waals surface area contributed by atoms with Gasteiger partial charge in [0.2, 0.25) is 0 Å². The summed E-state index contributed by atoms with van der Waals surface area (Å²) in [4.78, 5) is 14.4. The van der Waals surface area contributed by atoms with Gasteiger partial charge in [0.15, 0.2) is 5.12 Å². The zero-order valence-corrected chi connectivity index (χ0v) is 17.1. The molecule has 134 valence electrons. The van der Waals surface area contributed by atoms with E-state index in [9.17, 15) is 4.79 Å². The molecule has 0 spiro atoms. The second-order valence-electron chi connectivity index (χ2n) is 5.29. The first-order chi connectivity index (χ1) is 11.5. The molecule has 0 bridgehead atoms. The molecule has 0 amide bonds.